The van der Waals surface area contributed by atoms with E-state index in [0.29, 0.717) is 5.76 Å². The molecule has 0 spiro atoms. The van der Waals surface area contributed by atoms with Gasteiger partial charge in [-0.3, -0.25) is 14.3 Å². The van der Waals surface area contributed by atoms with Crippen LogP contribution in [0.3, 0.4) is 0 Å². The molecule has 1 N–H and O–H groups in total. The molecule has 2 aromatic carbocycles. The van der Waals surface area contributed by atoms with Crippen LogP contribution in [0.4, 0.5) is 0 Å². The Kier molecular flexibility index (Phi) is 6.84. The topological polar surface area (TPSA) is 113 Å². The molecule has 0 aliphatic carbocycles. The molecule has 0 atom stereocenters. The minimum Gasteiger partial charge on any atom is -0.481 e. The maximum atomic E-state index is 12.7. The molecule has 4 aromatic rings. The van der Waals surface area contributed by atoms with Gasteiger partial charge in [-0.1, -0.05) is 60.7 Å². The number of H-pyrrole nitrogens is 1. The van der Waals surface area contributed by atoms with E-state index in [0.717, 1.165) is 11.1 Å². The number of hydrogen-bond donors (Lipinski definition) is 1. The van der Waals surface area contributed by atoms with Crippen molar-refractivity contribution in [2.75, 3.05) is 0 Å². The van der Waals surface area contributed by atoms with E-state index in [9.17, 15) is 14.4 Å². The number of nitrogens with one attached hydrogen (secondary N) is 1. The molecular weight excluding hydrogens is 476 g/mol. The van der Waals surface area contributed by atoms with Crippen molar-refractivity contribution in [1.29, 1.82) is 0 Å². The quantitative estimate of drug-likeness (QED) is 0.349. The summed E-state index contributed by atoms with van der Waals surface area (Å²) in [6.07, 6.45) is 4.33. The van der Waals surface area contributed by atoms with Gasteiger partial charge >= 0.3 is 11.7 Å². The van der Waals surface area contributed by atoms with Crippen molar-refractivity contribution in [2.24, 2.45) is 0 Å². The van der Waals surface area contributed by atoms with Crippen LogP contribution in [0.2, 0.25) is 0 Å². The molecule has 0 fully saturated rings. The number of carbonyl (C=O) groups is 1. The van der Waals surface area contributed by atoms with Crippen LogP contribution in [0.15, 0.2) is 123 Å². The third kappa shape index (κ3) is 5.46. The number of furan rings is 1. The number of allylic oxidation sites excluding steroid dienone is 1. The number of carbonyl (C=O) groups excluding carboxylic acids is 1. The van der Waals surface area contributed by atoms with E-state index in [1.807, 2.05) is 60.7 Å². The predicted molar refractivity (Wildman–Crippen MR) is 133 cm³/mol. The van der Waals surface area contributed by atoms with Crippen LogP contribution in [0.5, 0.6) is 0 Å². The summed E-state index contributed by atoms with van der Waals surface area (Å²) in [5.74, 6) is -0.195. The molecular formula is C28H22N2O7. The number of nitrogens with zero attached hydrogens (tertiary/aromatic N) is 1. The first kappa shape index (κ1) is 23.7. The first-order chi connectivity index (χ1) is 18.1. The molecule has 9 nitrogen and oxygen atoms in total. The maximum Gasteiger partial charge on any atom is 0.383 e. The highest BCUT2D eigenvalue weighted by atomic mass is 16.6. The van der Waals surface area contributed by atoms with Crippen molar-refractivity contribution in [3.8, 4) is 11.3 Å². The maximum absolute atomic E-state index is 12.7. The van der Waals surface area contributed by atoms with Crippen molar-refractivity contribution >= 4 is 5.97 Å². The number of benzene rings is 2. The molecule has 9 heteroatoms. The second kappa shape index (κ2) is 10.7. The zero-order valence-corrected chi connectivity index (χ0v) is 19.6. The first-order valence-corrected chi connectivity index (χ1v) is 11.5. The second-order valence-electron chi connectivity index (χ2n) is 8.10. The number of aromatic nitrogens is 2. The highest BCUT2D eigenvalue weighted by Crippen LogP contribution is 2.30. The smallest absolute Gasteiger partial charge is 0.383 e. The highest BCUT2D eigenvalue weighted by Gasteiger charge is 2.34. The lowest BCUT2D eigenvalue weighted by atomic mass is 10.2. The van der Waals surface area contributed by atoms with Gasteiger partial charge in [0.15, 0.2) is 5.76 Å². The minimum atomic E-state index is -0.699. The Morgan fingerprint density at radius 3 is 2.08 bits per heavy atom. The summed E-state index contributed by atoms with van der Waals surface area (Å²) in [5, 5.41) is 0. The fourth-order valence-corrected chi connectivity index (χ4v) is 3.69. The standard InChI is InChI=1S/C28H22N2O7/c31-26-21(22-12-7-15-34-22)16-30(28(33)29-26)14-13-23-24(35-17-19-8-3-1-4-9-19)25(27(32)37-23)36-18-20-10-5-2-6-11-20/h1-13,15-16H,14,17-18H2,(H,29,31,33)/b23-13-. The van der Waals surface area contributed by atoms with Crippen molar-refractivity contribution < 1.29 is 23.4 Å². The summed E-state index contributed by atoms with van der Waals surface area (Å²) in [6, 6.07) is 22.1. The van der Waals surface area contributed by atoms with Crippen molar-refractivity contribution in [1.82, 2.24) is 9.55 Å². The minimum absolute atomic E-state index is 0.0178. The van der Waals surface area contributed by atoms with Gasteiger partial charge in [-0.05, 0) is 29.3 Å². The number of aromatic amines is 1. The molecule has 1 aliphatic rings. The molecule has 0 amide bonds. The Balaban J connectivity index is 1.43. The van der Waals surface area contributed by atoms with E-state index < -0.39 is 17.2 Å². The van der Waals surface area contributed by atoms with Crippen LogP contribution in [0.25, 0.3) is 11.3 Å². The van der Waals surface area contributed by atoms with Crippen LogP contribution in [-0.4, -0.2) is 15.5 Å². The van der Waals surface area contributed by atoms with Gasteiger partial charge in [0, 0.05) is 12.7 Å². The molecule has 1 aliphatic heterocycles. The Bertz CT molecular complexity index is 1560. The average Bonchev–Trinajstić information content (AvgIpc) is 3.55. The lowest BCUT2D eigenvalue weighted by Gasteiger charge is -2.10. The van der Waals surface area contributed by atoms with Gasteiger partial charge in [0.1, 0.15) is 19.0 Å². The van der Waals surface area contributed by atoms with E-state index in [4.69, 9.17) is 18.6 Å². The van der Waals surface area contributed by atoms with Gasteiger partial charge in [-0.15, -0.1) is 0 Å². The number of ether oxygens (including phenoxy) is 3. The molecule has 0 unspecified atom stereocenters. The molecule has 0 saturated carbocycles. The SMILES string of the molecule is O=C1O/C(=C\Cn2cc(-c3ccco3)c(=O)[nH]c2=O)C(OCc2ccccc2)=C1OCc1ccccc1. The normalized spacial score (nSPS) is 14.2. The van der Waals surface area contributed by atoms with Crippen LogP contribution in [-0.2, 0) is 38.8 Å². The summed E-state index contributed by atoms with van der Waals surface area (Å²) < 4.78 is 23.8. The molecule has 5 rings (SSSR count). The molecule has 0 bridgehead atoms. The third-order valence-electron chi connectivity index (χ3n) is 5.54. The lowest BCUT2D eigenvalue weighted by molar-refractivity contribution is -0.136. The van der Waals surface area contributed by atoms with E-state index in [2.05, 4.69) is 4.98 Å². The first-order valence-electron chi connectivity index (χ1n) is 11.5. The average molecular weight is 498 g/mol. The van der Waals surface area contributed by atoms with Crippen molar-refractivity contribution in [2.45, 2.75) is 19.8 Å². The fourth-order valence-electron chi connectivity index (χ4n) is 3.69. The fraction of sp³-hybridized carbons (Fsp3) is 0.107. The summed E-state index contributed by atoms with van der Waals surface area (Å²) in [6.45, 7) is 0.294. The van der Waals surface area contributed by atoms with Gasteiger partial charge in [-0.2, -0.15) is 0 Å². The largest absolute Gasteiger partial charge is 0.481 e. The Labute approximate surface area is 210 Å². The molecule has 2 aromatic heterocycles. The van der Waals surface area contributed by atoms with Gasteiger partial charge in [0.2, 0.25) is 5.76 Å². The molecule has 186 valence electrons. The number of esters is 1. The van der Waals surface area contributed by atoms with Crippen LogP contribution in [0.1, 0.15) is 11.1 Å². The van der Waals surface area contributed by atoms with Gasteiger partial charge in [-0.25, -0.2) is 9.59 Å². The molecule has 37 heavy (non-hydrogen) atoms. The third-order valence-corrected chi connectivity index (χ3v) is 5.54. The van der Waals surface area contributed by atoms with E-state index in [-0.39, 0.29) is 42.6 Å². The van der Waals surface area contributed by atoms with Crippen LogP contribution in [0, 0.1) is 0 Å². The van der Waals surface area contributed by atoms with Crippen molar-refractivity contribution in [3.63, 3.8) is 0 Å². The van der Waals surface area contributed by atoms with Gasteiger partial charge in [0.05, 0.1) is 11.8 Å². The Morgan fingerprint density at radius 2 is 1.46 bits per heavy atom. The lowest BCUT2D eigenvalue weighted by Crippen LogP contribution is -2.30. The van der Waals surface area contributed by atoms with Crippen LogP contribution >= 0.6 is 0 Å². The number of rotatable bonds is 9. The monoisotopic (exact) mass is 498 g/mol. The van der Waals surface area contributed by atoms with E-state index in [1.165, 1.54) is 23.1 Å². The summed E-state index contributed by atoms with van der Waals surface area (Å²) >= 11 is 0. The van der Waals surface area contributed by atoms with E-state index >= 15 is 0 Å². The summed E-state index contributed by atoms with van der Waals surface area (Å²) in [4.78, 5) is 39.6. The predicted octanol–water partition coefficient (Wildman–Crippen LogP) is 3.88. The zero-order valence-electron chi connectivity index (χ0n) is 19.6. The molecule has 0 radical (unpaired) electrons. The van der Waals surface area contributed by atoms with E-state index in [1.54, 1.807) is 12.1 Å². The van der Waals surface area contributed by atoms with Gasteiger partial charge < -0.3 is 18.6 Å². The summed E-state index contributed by atoms with van der Waals surface area (Å²) in [7, 11) is 0. The van der Waals surface area contributed by atoms with Crippen molar-refractivity contribution in [3.05, 3.63) is 141 Å². The molecule has 0 saturated heterocycles. The van der Waals surface area contributed by atoms with Crippen LogP contribution < -0.4 is 11.2 Å². The second-order valence-corrected chi connectivity index (χ2v) is 8.10. The Hall–Kier alpha value is -5.05. The molecule has 3 heterocycles. The summed E-state index contributed by atoms with van der Waals surface area (Å²) in [5.41, 5.74) is 0.746. The van der Waals surface area contributed by atoms with Gasteiger partial charge in [0.25, 0.3) is 11.3 Å². The Morgan fingerprint density at radius 1 is 0.811 bits per heavy atom. The number of cyclic esters (lactones) is 1. The highest BCUT2D eigenvalue weighted by molar-refractivity contribution is 5.91. The zero-order chi connectivity index (χ0) is 25.6. The number of hydrogen-bond acceptors (Lipinski definition) is 7.